The van der Waals surface area contributed by atoms with E-state index in [9.17, 15) is 5.11 Å². The van der Waals surface area contributed by atoms with Gasteiger partial charge in [0, 0.05) is 17.0 Å². The molecule has 2 atom stereocenters. The molecule has 4 heteroatoms. The Balaban J connectivity index is 2.08. The highest BCUT2D eigenvalue weighted by Crippen LogP contribution is 2.43. The summed E-state index contributed by atoms with van der Waals surface area (Å²) < 4.78 is 7.97. The van der Waals surface area contributed by atoms with E-state index in [4.69, 9.17) is 4.42 Å². The van der Waals surface area contributed by atoms with Gasteiger partial charge in [-0.1, -0.05) is 13.8 Å². The number of aryl methyl sites for hydroxylation is 2. The van der Waals surface area contributed by atoms with Gasteiger partial charge in [0.05, 0.1) is 12.3 Å². The van der Waals surface area contributed by atoms with E-state index in [0.717, 1.165) is 35.7 Å². The van der Waals surface area contributed by atoms with Crippen LogP contribution in [0.15, 0.2) is 16.7 Å². The summed E-state index contributed by atoms with van der Waals surface area (Å²) in [6.45, 7) is 10.5. The van der Waals surface area contributed by atoms with E-state index in [2.05, 4.69) is 43.3 Å². The Kier molecular flexibility index (Phi) is 3.24. The highest BCUT2D eigenvalue weighted by molar-refractivity contribution is 5.34. The fraction of sp³-hybridized carbons (Fsp3) is 0.588. The zero-order chi connectivity index (χ0) is 15.4. The average molecular weight is 288 g/mol. The van der Waals surface area contributed by atoms with Crippen LogP contribution in [0.1, 0.15) is 67.9 Å². The monoisotopic (exact) mass is 288 g/mol. The first-order valence-corrected chi connectivity index (χ1v) is 7.59. The molecule has 114 valence electrons. The lowest BCUT2D eigenvalue weighted by atomic mass is 9.75. The number of hydrogen-bond donors (Lipinski definition) is 1. The molecule has 0 fully saturated rings. The molecular weight excluding hydrogens is 264 g/mol. The van der Waals surface area contributed by atoms with Gasteiger partial charge in [0.2, 0.25) is 5.89 Å². The topological polar surface area (TPSA) is 51.2 Å². The summed E-state index contributed by atoms with van der Waals surface area (Å²) in [6, 6.07) is 2.16. The summed E-state index contributed by atoms with van der Waals surface area (Å²) in [4.78, 5) is 4.37. The molecule has 0 amide bonds. The van der Waals surface area contributed by atoms with Crippen LogP contribution in [0.25, 0.3) is 0 Å². The second kappa shape index (κ2) is 4.73. The van der Waals surface area contributed by atoms with E-state index in [1.807, 2.05) is 6.92 Å². The molecule has 0 bridgehead atoms. The molecule has 0 saturated heterocycles. The lowest BCUT2D eigenvalue weighted by Gasteiger charge is -2.34. The lowest BCUT2D eigenvalue weighted by Crippen LogP contribution is -2.27. The van der Waals surface area contributed by atoms with Gasteiger partial charge in [-0.3, -0.25) is 0 Å². The molecule has 0 aromatic carbocycles. The van der Waals surface area contributed by atoms with Crippen molar-refractivity contribution in [2.75, 3.05) is 0 Å². The maximum Gasteiger partial charge on any atom is 0.217 e. The maximum atomic E-state index is 10.4. The minimum atomic E-state index is -0.373. The molecule has 2 aromatic rings. The van der Waals surface area contributed by atoms with Crippen LogP contribution in [0.5, 0.6) is 0 Å². The van der Waals surface area contributed by atoms with Crippen LogP contribution in [0.4, 0.5) is 0 Å². The number of nitrogens with zero attached hydrogens (tertiary/aromatic N) is 2. The summed E-state index contributed by atoms with van der Waals surface area (Å²) in [7, 11) is 0. The highest BCUT2D eigenvalue weighted by Gasteiger charge is 2.35. The number of aliphatic hydroxyl groups is 1. The van der Waals surface area contributed by atoms with Gasteiger partial charge in [-0.25, -0.2) is 4.98 Å². The van der Waals surface area contributed by atoms with Gasteiger partial charge in [-0.15, -0.1) is 0 Å². The van der Waals surface area contributed by atoms with E-state index >= 15 is 0 Å². The van der Waals surface area contributed by atoms with Crippen molar-refractivity contribution in [2.24, 2.45) is 5.41 Å². The van der Waals surface area contributed by atoms with Crippen LogP contribution in [-0.4, -0.2) is 14.7 Å². The number of aromatic nitrogens is 2. The first-order valence-electron chi connectivity index (χ1n) is 7.59. The zero-order valence-electron chi connectivity index (χ0n) is 13.5. The van der Waals surface area contributed by atoms with Crippen LogP contribution in [0.3, 0.4) is 0 Å². The Bertz CT molecular complexity index is 666. The van der Waals surface area contributed by atoms with Gasteiger partial charge in [-0.2, -0.15) is 0 Å². The number of oxazole rings is 1. The average Bonchev–Trinajstić information content (AvgIpc) is 2.91. The lowest BCUT2D eigenvalue weighted by molar-refractivity contribution is 0.0976. The molecule has 0 radical (unpaired) electrons. The molecule has 0 saturated carbocycles. The molecular formula is C17H24N2O2. The highest BCUT2D eigenvalue weighted by atomic mass is 16.4. The van der Waals surface area contributed by atoms with E-state index in [1.54, 1.807) is 6.20 Å². The van der Waals surface area contributed by atoms with Crippen LogP contribution in [0, 0.1) is 19.3 Å². The second-order valence-electron chi connectivity index (χ2n) is 7.10. The van der Waals surface area contributed by atoms with Crippen molar-refractivity contribution in [1.29, 1.82) is 0 Å². The molecule has 0 aliphatic heterocycles. The third-order valence-electron chi connectivity index (χ3n) is 4.50. The van der Waals surface area contributed by atoms with E-state index in [-0.39, 0.29) is 17.6 Å². The first kappa shape index (κ1) is 14.4. The van der Waals surface area contributed by atoms with Crippen LogP contribution in [-0.2, 0) is 6.42 Å². The quantitative estimate of drug-likeness (QED) is 0.916. The predicted molar refractivity (Wildman–Crippen MR) is 81.3 cm³/mol. The fourth-order valence-corrected chi connectivity index (χ4v) is 3.58. The number of rotatable bonds is 2. The van der Waals surface area contributed by atoms with Crippen molar-refractivity contribution in [2.45, 2.75) is 59.6 Å². The number of fused-ring (bicyclic) bond motifs is 1. The van der Waals surface area contributed by atoms with Gasteiger partial charge in [0.25, 0.3) is 0 Å². The molecule has 4 nitrogen and oxygen atoms in total. The molecule has 3 rings (SSSR count). The van der Waals surface area contributed by atoms with Crippen molar-refractivity contribution >= 4 is 0 Å². The fourth-order valence-electron chi connectivity index (χ4n) is 3.58. The SMILES string of the molecule is Cc1cnc(C(C)n2c(C)cc3c2CC(C)(C)CC3O)o1. The molecule has 2 heterocycles. The summed E-state index contributed by atoms with van der Waals surface area (Å²) in [5.74, 6) is 1.56. The molecule has 1 aliphatic rings. The second-order valence-corrected chi connectivity index (χ2v) is 7.10. The Hall–Kier alpha value is -1.55. The van der Waals surface area contributed by atoms with Gasteiger partial charge >= 0.3 is 0 Å². The van der Waals surface area contributed by atoms with Crippen molar-refractivity contribution < 1.29 is 9.52 Å². The molecule has 1 N–H and O–H groups in total. The first-order chi connectivity index (χ1) is 9.78. The van der Waals surface area contributed by atoms with Gasteiger partial charge in [-0.05, 0) is 45.1 Å². The largest absolute Gasteiger partial charge is 0.444 e. The number of aliphatic hydroxyl groups excluding tert-OH is 1. The Labute approximate surface area is 125 Å². The molecule has 1 aliphatic carbocycles. The van der Waals surface area contributed by atoms with Gasteiger partial charge < -0.3 is 14.1 Å². The van der Waals surface area contributed by atoms with Crippen LogP contribution in [0.2, 0.25) is 0 Å². The Morgan fingerprint density at radius 2 is 2.14 bits per heavy atom. The Morgan fingerprint density at radius 1 is 1.43 bits per heavy atom. The standard InChI is InChI=1S/C17H24N2O2/c1-10-6-13-14(7-17(4,5)8-15(13)20)19(10)12(3)16-18-9-11(2)21-16/h6,9,12,15,20H,7-8H2,1-5H3. The van der Waals surface area contributed by atoms with E-state index in [0.29, 0.717) is 0 Å². The minimum absolute atomic E-state index is 0.0450. The third kappa shape index (κ3) is 2.42. The summed E-state index contributed by atoms with van der Waals surface area (Å²) in [6.07, 6.45) is 3.17. The molecule has 21 heavy (non-hydrogen) atoms. The zero-order valence-corrected chi connectivity index (χ0v) is 13.5. The molecule has 0 spiro atoms. The van der Waals surface area contributed by atoms with Crippen molar-refractivity contribution in [3.63, 3.8) is 0 Å². The maximum absolute atomic E-state index is 10.4. The Morgan fingerprint density at radius 3 is 2.76 bits per heavy atom. The summed E-state index contributed by atoms with van der Waals surface area (Å²) in [5.41, 5.74) is 3.56. The molecule has 2 aromatic heterocycles. The van der Waals surface area contributed by atoms with Gasteiger partial charge in [0.15, 0.2) is 0 Å². The minimum Gasteiger partial charge on any atom is -0.444 e. The van der Waals surface area contributed by atoms with E-state index in [1.165, 1.54) is 5.69 Å². The normalized spacial score (nSPS) is 22.1. The smallest absolute Gasteiger partial charge is 0.217 e. The van der Waals surface area contributed by atoms with Crippen molar-refractivity contribution in [3.05, 3.63) is 40.9 Å². The van der Waals surface area contributed by atoms with Gasteiger partial charge in [0.1, 0.15) is 11.8 Å². The molecule has 2 unspecified atom stereocenters. The third-order valence-corrected chi connectivity index (χ3v) is 4.50. The van der Waals surface area contributed by atoms with Crippen LogP contribution < -0.4 is 0 Å². The van der Waals surface area contributed by atoms with Crippen molar-refractivity contribution in [3.8, 4) is 0 Å². The van der Waals surface area contributed by atoms with Crippen LogP contribution >= 0.6 is 0 Å². The summed E-state index contributed by atoms with van der Waals surface area (Å²) >= 11 is 0. The number of hydrogen-bond acceptors (Lipinski definition) is 3. The van der Waals surface area contributed by atoms with Crippen molar-refractivity contribution in [1.82, 2.24) is 9.55 Å². The summed E-state index contributed by atoms with van der Waals surface area (Å²) in [5, 5.41) is 10.4. The predicted octanol–water partition coefficient (Wildman–Crippen LogP) is 3.71. The van der Waals surface area contributed by atoms with E-state index < -0.39 is 0 Å².